The topological polar surface area (TPSA) is 59.1 Å². The van der Waals surface area contributed by atoms with E-state index >= 15 is 0 Å². The minimum Gasteiger partial charge on any atom is -0.493 e. The number of hydrogen-bond acceptors (Lipinski definition) is 4. The lowest BCUT2D eigenvalue weighted by atomic mass is 9.75. The fraction of sp³-hybridized carbons (Fsp3) is 0.375. The molecule has 0 unspecified atom stereocenters. The zero-order valence-corrected chi connectivity index (χ0v) is 22.1. The Kier molecular flexibility index (Phi) is 6.56. The summed E-state index contributed by atoms with van der Waals surface area (Å²) in [5.41, 5.74) is 4.92. The van der Waals surface area contributed by atoms with E-state index in [1.807, 2.05) is 28.0 Å². The summed E-state index contributed by atoms with van der Waals surface area (Å²) in [5, 5.41) is 0. The summed E-state index contributed by atoms with van der Waals surface area (Å²) >= 11 is 0. The van der Waals surface area contributed by atoms with E-state index in [0.29, 0.717) is 29.5 Å². The molecule has 6 rings (SSSR count). The van der Waals surface area contributed by atoms with Crippen LogP contribution in [0, 0.1) is 5.92 Å². The molecular formula is C32H34N2O4. The molecule has 0 spiro atoms. The molecule has 196 valence electrons. The lowest BCUT2D eigenvalue weighted by Crippen LogP contribution is -2.51. The number of carbonyl (C=O) groups is 2. The van der Waals surface area contributed by atoms with Gasteiger partial charge in [-0.05, 0) is 66.0 Å². The van der Waals surface area contributed by atoms with Gasteiger partial charge >= 0.3 is 0 Å². The van der Waals surface area contributed by atoms with E-state index < -0.39 is 5.92 Å². The first-order valence-corrected chi connectivity index (χ1v) is 13.6. The van der Waals surface area contributed by atoms with Crippen LogP contribution in [0.25, 0.3) is 0 Å². The number of likely N-dealkylation sites (tertiary alicyclic amines) is 1. The highest BCUT2D eigenvalue weighted by Crippen LogP contribution is 2.49. The second-order valence-corrected chi connectivity index (χ2v) is 10.6. The van der Waals surface area contributed by atoms with Gasteiger partial charge in [-0.3, -0.25) is 9.59 Å². The van der Waals surface area contributed by atoms with Crippen LogP contribution in [0.15, 0.2) is 66.7 Å². The minimum absolute atomic E-state index is 0.0499. The third-order valence-corrected chi connectivity index (χ3v) is 8.59. The van der Waals surface area contributed by atoms with Crippen LogP contribution >= 0.6 is 0 Å². The quantitative estimate of drug-likeness (QED) is 0.484. The van der Waals surface area contributed by atoms with Crippen LogP contribution in [-0.2, 0) is 17.6 Å². The number of nitrogens with zero attached hydrogens (tertiary/aromatic N) is 2. The molecule has 0 saturated carbocycles. The van der Waals surface area contributed by atoms with E-state index in [1.165, 1.54) is 11.1 Å². The number of piperidine rings is 1. The Labute approximate surface area is 224 Å². The third-order valence-electron chi connectivity index (χ3n) is 8.59. The molecule has 0 aromatic heterocycles. The average molecular weight is 511 g/mol. The van der Waals surface area contributed by atoms with Gasteiger partial charge in [-0.25, -0.2) is 0 Å². The SMILES string of the molecule is COc1cc2c(cc1OC)[C@@H](C(=O)N1CCC(Cc3ccccc3)CC1)[C@@H]1c3ccccc3CCN1C2=O. The van der Waals surface area contributed by atoms with Gasteiger partial charge in [0.2, 0.25) is 5.91 Å². The largest absolute Gasteiger partial charge is 0.493 e. The van der Waals surface area contributed by atoms with E-state index in [1.54, 1.807) is 20.3 Å². The highest BCUT2D eigenvalue weighted by atomic mass is 16.5. The number of rotatable bonds is 5. The van der Waals surface area contributed by atoms with Crippen LogP contribution < -0.4 is 9.47 Å². The number of hydrogen-bond donors (Lipinski definition) is 0. The highest BCUT2D eigenvalue weighted by Gasteiger charge is 2.48. The van der Waals surface area contributed by atoms with Gasteiger partial charge in [-0.2, -0.15) is 0 Å². The van der Waals surface area contributed by atoms with Crippen molar-refractivity contribution in [1.29, 1.82) is 0 Å². The summed E-state index contributed by atoms with van der Waals surface area (Å²) in [7, 11) is 3.16. The molecule has 3 aromatic carbocycles. The van der Waals surface area contributed by atoms with Gasteiger partial charge in [0.25, 0.3) is 5.91 Å². The molecule has 2 amide bonds. The molecule has 6 heteroatoms. The lowest BCUT2D eigenvalue weighted by molar-refractivity contribution is -0.136. The number of methoxy groups -OCH3 is 2. The first kappa shape index (κ1) is 24.5. The maximum Gasteiger partial charge on any atom is 0.254 e. The molecule has 0 N–H and O–H groups in total. The first-order chi connectivity index (χ1) is 18.6. The fourth-order valence-electron chi connectivity index (χ4n) is 6.62. The summed E-state index contributed by atoms with van der Waals surface area (Å²) in [5.74, 6) is 1.16. The molecule has 38 heavy (non-hydrogen) atoms. The standard InChI is InChI=1S/C32H34N2O4/c1-37-27-19-25-26(20-28(27)38-2)31(35)34-17-14-23-10-6-7-11-24(23)30(34)29(25)32(36)33-15-12-22(13-16-33)18-21-8-4-3-5-9-21/h3-11,19-20,22,29-30H,12-18H2,1-2H3/t29-,30+/m1/s1. The number of carbonyl (C=O) groups excluding carboxylic acids is 2. The van der Waals surface area contributed by atoms with Crippen molar-refractivity contribution in [3.63, 3.8) is 0 Å². The van der Waals surface area contributed by atoms with Gasteiger partial charge in [0.15, 0.2) is 11.5 Å². The Balaban J connectivity index is 1.35. The highest BCUT2D eigenvalue weighted by molar-refractivity contribution is 6.02. The first-order valence-electron chi connectivity index (χ1n) is 13.6. The van der Waals surface area contributed by atoms with Gasteiger partial charge in [0.1, 0.15) is 0 Å². The predicted molar refractivity (Wildman–Crippen MR) is 146 cm³/mol. The van der Waals surface area contributed by atoms with E-state index in [2.05, 4.69) is 42.5 Å². The van der Waals surface area contributed by atoms with Crippen molar-refractivity contribution < 1.29 is 19.1 Å². The Bertz CT molecular complexity index is 1350. The van der Waals surface area contributed by atoms with Crippen molar-refractivity contribution >= 4 is 11.8 Å². The normalized spacial score (nSPS) is 20.8. The van der Waals surface area contributed by atoms with E-state index in [0.717, 1.165) is 49.9 Å². The van der Waals surface area contributed by atoms with Crippen LogP contribution in [0.4, 0.5) is 0 Å². The number of ether oxygens (including phenoxy) is 2. The molecule has 6 nitrogen and oxygen atoms in total. The number of amides is 2. The zero-order valence-electron chi connectivity index (χ0n) is 22.1. The van der Waals surface area contributed by atoms with Crippen molar-refractivity contribution in [3.05, 3.63) is 94.5 Å². The molecule has 0 radical (unpaired) electrons. The molecule has 3 aliphatic rings. The Morgan fingerprint density at radius 1 is 0.868 bits per heavy atom. The molecule has 0 bridgehead atoms. The summed E-state index contributed by atoms with van der Waals surface area (Å²) in [4.78, 5) is 32.1. The summed E-state index contributed by atoms with van der Waals surface area (Å²) in [6.45, 7) is 2.06. The maximum atomic E-state index is 14.4. The summed E-state index contributed by atoms with van der Waals surface area (Å²) < 4.78 is 11.1. The van der Waals surface area contributed by atoms with Gasteiger partial charge in [0.05, 0.1) is 26.2 Å². The van der Waals surface area contributed by atoms with Gasteiger partial charge in [-0.15, -0.1) is 0 Å². The Morgan fingerprint density at radius 3 is 2.29 bits per heavy atom. The van der Waals surface area contributed by atoms with Crippen molar-refractivity contribution in [2.45, 2.75) is 37.6 Å². The molecule has 0 aliphatic carbocycles. The van der Waals surface area contributed by atoms with E-state index in [-0.39, 0.29) is 17.9 Å². The van der Waals surface area contributed by atoms with Crippen molar-refractivity contribution in [1.82, 2.24) is 9.80 Å². The van der Waals surface area contributed by atoms with Gasteiger partial charge in [0, 0.05) is 25.2 Å². The fourth-order valence-corrected chi connectivity index (χ4v) is 6.62. The van der Waals surface area contributed by atoms with E-state index in [4.69, 9.17) is 9.47 Å². The molecule has 3 aliphatic heterocycles. The molecule has 3 heterocycles. The van der Waals surface area contributed by atoms with Crippen molar-refractivity contribution in [2.24, 2.45) is 5.92 Å². The molecule has 1 saturated heterocycles. The van der Waals surface area contributed by atoms with Crippen LogP contribution in [0.1, 0.15) is 57.4 Å². The van der Waals surface area contributed by atoms with Crippen LogP contribution in [-0.4, -0.2) is 55.5 Å². The second-order valence-electron chi connectivity index (χ2n) is 10.6. The lowest BCUT2D eigenvalue weighted by Gasteiger charge is -2.47. The van der Waals surface area contributed by atoms with Gasteiger partial charge in [-0.1, -0.05) is 54.6 Å². The van der Waals surface area contributed by atoms with Gasteiger partial charge < -0.3 is 19.3 Å². The Hall–Kier alpha value is -3.80. The Morgan fingerprint density at radius 2 is 1.55 bits per heavy atom. The van der Waals surface area contributed by atoms with Crippen molar-refractivity contribution in [3.8, 4) is 11.5 Å². The average Bonchev–Trinajstić information content (AvgIpc) is 2.97. The summed E-state index contributed by atoms with van der Waals surface area (Å²) in [6.07, 6.45) is 3.79. The number of benzene rings is 3. The second kappa shape index (κ2) is 10.2. The summed E-state index contributed by atoms with van der Waals surface area (Å²) in [6, 6.07) is 22.1. The third kappa shape index (κ3) is 4.22. The molecule has 1 fully saturated rings. The molecular weight excluding hydrogens is 476 g/mol. The van der Waals surface area contributed by atoms with E-state index in [9.17, 15) is 9.59 Å². The van der Waals surface area contributed by atoms with Crippen LogP contribution in [0.5, 0.6) is 11.5 Å². The monoisotopic (exact) mass is 510 g/mol. The smallest absolute Gasteiger partial charge is 0.254 e. The van der Waals surface area contributed by atoms with Crippen LogP contribution in [0.3, 0.4) is 0 Å². The van der Waals surface area contributed by atoms with Crippen LogP contribution in [0.2, 0.25) is 0 Å². The molecule has 3 aromatic rings. The predicted octanol–water partition coefficient (Wildman–Crippen LogP) is 5.02. The molecule has 2 atom stereocenters. The number of fused-ring (bicyclic) bond motifs is 4. The van der Waals surface area contributed by atoms with Crippen molar-refractivity contribution in [2.75, 3.05) is 33.9 Å². The minimum atomic E-state index is -0.491. The maximum absolute atomic E-state index is 14.4. The zero-order chi connectivity index (χ0) is 26.2.